The molecule has 1 atom stereocenters. The predicted molar refractivity (Wildman–Crippen MR) is 95.9 cm³/mol. The highest BCUT2D eigenvalue weighted by Gasteiger charge is 2.37. The largest absolute Gasteiger partial charge is 0.451 e. The smallest absolute Gasteiger partial charge is 0.289 e. The molecule has 24 heavy (non-hydrogen) atoms. The van der Waals surface area contributed by atoms with E-state index in [1.807, 2.05) is 43.3 Å². The fraction of sp³-hybridized carbons (Fsp3) is 0.526. The summed E-state index contributed by atoms with van der Waals surface area (Å²) < 4.78 is 5.96. The lowest BCUT2D eigenvalue weighted by molar-refractivity contribution is 0.0503. The van der Waals surface area contributed by atoms with Crippen molar-refractivity contribution in [2.75, 3.05) is 27.2 Å². The molecule has 1 unspecified atom stereocenters. The monoisotopic (exact) mass is 329 g/mol. The molecule has 0 bridgehead atoms. The highest BCUT2D eigenvalue weighted by atomic mass is 16.3. The number of hydrogen-bond donors (Lipinski definition) is 1. The molecule has 3 rings (SSSR count). The molecule has 2 N–H and O–H groups in total. The Kier molecular flexibility index (Phi) is 4.40. The second kappa shape index (κ2) is 6.22. The van der Waals surface area contributed by atoms with E-state index in [-0.39, 0.29) is 17.4 Å². The Morgan fingerprint density at radius 3 is 2.75 bits per heavy atom. The summed E-state index contributed by atoms with van der Waals surface area (Å²) in [6, 6.07) is 7.97. The average Bonchev–Trinajstić information content (AvgIpc) is 2.87. The number of likely N-dealkylation sites (tertiary alicyclic amines) is 1. The van der Waals surface area contributed by atoms with Gasteiger partial charge in [0.05, 0.1) is 0 Å². The summed E-state index contributed by atoms with van der Waals surface area (Å²) in [6.45, 7) is 6.26. The fourth-order valence-electron chi connectivity index (χ4n) is 3.44. The Labute approximate surface area is 143 Å². The first-order chi connectivity index (χ1) is 11.3. The first-order valence-corrected chi connectivity index (χ1v) is 8.49. The topological polar surface area (TPSA) is 62.7 Å². The number of carbonyl (C=O) groups is 1. The molecular formula is C19H27N3O2. The summed E-state index contributed by atoms with van der Waals surface area (Å²) in [5.74, 6) is 0.444. The van der Waals surface area contributed by atoms with Crippen LogP contribution in [0.2, 0.25) is 0 Å². The van der Waals surface area contributed by atoms with E-state index < -0.39 is 0 Å². The van der Waals surface area contributed by atoms with Gasteiger partial charge in [0, 0.05) is 36.6 Å². The van der Waals surface area contributed by atoms with E-state index in [9.17, 15) is 4.79 Å². The third kappa shape index (κ3) is 3.06. The number of benzene rings is 1. The maximum atomic E-state index is 13.1. The number of piperidine rings is 1. The van der Waals surface area contributed by atoms with Gasteiger partial charge >= 0.3 is 0 Å². The number of amides is 1. The van der Waals surface area contributed by atoms with Crippen LogP contribution in [0.25, 0.3) is 11.0 Å². The zero-order valence-electron chi connectivity index (χ0n) is 15.0. The second-order valence-electron chi connectivity index (χ2n) is 7.75. The Bertz CT molecular complexity index is 748. The van der Waals surface area contributed by atoms with E-state index in [0.717, 1.165) is 23.0 Å². The van der Waals surface area contributed by atoms with Crippen LogP contribution in [0.1, 0.15) is 36.4 Å². The van der Waals surface area contributed by atoms with Crippen LogP contribution in [0.3, 0.4) is 0 Å². The zero-order chi connectivity index (χ0) is 17.5. The van der Waals surface area contributed by atoms with Crippen molar-refractivity contribution in [1.29, 1.82) is 0 Å². The predicted octanol–water partition coefficient (Wildman–Crippen LogP) is 2.69. The van der Waals surface area contributed by atoms with Crippen molar-refractivity contribution < 1.29 is 9.21 Å². The molecule has 0 saturated carbocycles. The minimum absolute atomic E-state index is 0.0250. The number of carbonyl (C=O) groups excluding carboxylic acids is 1. The van der Waals surface area contributed by atoms with Crippen LogP contribution in [0.4, 0.5) is 0 Å². The SMILES string of the molecule is CN(C)Cc1c(C(=O)N2CCC(N)C(C)(C)C2)oc2ccccc12. The van der Waals surface area contributed by atoms with Crippen LogP contribution in [-0.2, 0) is 6.54 Å². The van der Waals surface area contributed by atoms with Gasteiger partial charge in [0.2, 0.25) is 0 Å². The molecule has 130 valence electrons. The van der Waals surface area contributed by atoms with Crippen LogP contribution >= 0.6 is 0 Å². The lowest BCUT2D eigenvalue weighted by Gasteiger charge is -2.42. The van der Waals surface area contributed by atoms with Crippen molar-refractivity contribution in [3.8, 4) is 0 Å². The minimum Gasteiger partial charge on any atom is -0.451 e. The van der Waals surface area contributed by atoms with Gasteiger partial charge in [0.1, 0.15) is 5.58 Å². The van der Waals surface area contributed by atoms with Crippen molar-refractivity contribution in [3.05, 3.63) is 35.6 Å². The standard InChI is InChI=1S/C19H27N3O2/c1-19(2)12-22(10-9-16(19)20)18(23)17-14(11-21(3)4)13-7-5-6-8-15(13)24-17/h5-8,16H,9-12,20H2,1-4H3. The molecule has 0 aliphatic carbocycles. The van der Waals surface area contributed by atoms with Crippen molar-refractivity contribution in [3.63, 3.8) is 0 Å². The third-order valence-electron chi connectivity index (χ3n) is 4.97. The van der Waals surface area contributed by atoms with Crippen molar-refractivity contribution in [2.24, 2.45) is 11.1 Å². The molecule has 5 heteroatoms. The molecule has 1 amide bonds. The van der Waals surface area contributed by atoms with Gasteiger partial charge in [-0.1, -0.05) is 32.0 Å². The van der Waals surface area contributed by atoms with Crippen LogP contribution in [0.15, 0.2) is 28.7 Å². The molecule has 2 aromatic rings. The van der Waals surface area contributed by atoms with Crippen molar-refractivity contribution in [1.82, 2.24) is 9.80 Å². The third-order valence-corrected chi connectivity index (χ3v) is 4.97. The van der Waals surface area contributed by atoms with E-state index in [2.05, 4.69) is 18.7 Å². The lowest BCUT2D eigenvalue weighted by Crippen LogP contribution is -2.54. The maximum absolute atomic E-state index is 13.1. The summed E-state index contributed by atoms with van der Waals surface area (Å²) in [6.07, 6.45) is 0.821. The van der Waals surface area contributed by atoms with Gasteiger partial charge < -0.3 is 20.0 Å². The van der Waals surface area contributed by atoms with Crippen LogP contribution < -0.4 is 5.73 Å². The Morgan fingerprint density at radius 1 is 1.38 bits per heavy atom. The quantitative estimate of drug-likeness (QED) is 0.940. The van der Waals surface area contributed by atoms with Gasteiger partial charge in [-0.15, -0.1) is 0 Å². The average molecular weight is 329 g/mol. The summed E-state index contributed by atoms with van der Waals surface area (Å²) in [5, 5.41) is 1.02. The number of fused-ring (bicyclic) bond motifs is 1. The summed E-state index contributed by atoms with van der Waals surface area (Å²) >= 11 is 0. The molecule has 0 spiro atoms. The number of para-hydroxylation sites is 1. The number of nitrogens with zero attached hydrogens (tertiary/aromatic N) is 2. The fourth-order valence-corrected chi connectivity index (χ4v) is 3.44. The van der Waals surface area contributed by atoms with Crippen molar-refractivity contribution in [2.45, 2.75) is 32.9 Å². The highest BCUT2D eigenvalue weighted by Crippen LogP contribution is 2.32. The first-order valence-electron chi connectivity index (χ1n) is 8.49. The Hall–Kier alpha value is -1.85. The van der Waals surface area contributed by atoms with Gasteiger partial charge in [0.15, 0.2) is 5.76 Å². The van der Waals surface area contributed by atoms with Crippen molar-refractivity contribution >= 4 is 16.9 Å². The molecule has 1 aliphatic rings. The molecule has 1 aliphatic heterocycles. The van der Waals surface area contributed by atoms with E-state index in [4.69, 9.17) is 10.2 Å². The van der Waals surface area contributed by atoms with Gasteiger partial charge in [-0.3, -0.25) is 4.79 Å². The summed E-state index contributed by atoms with van der Waals surface area (Å²) in [7, 11) is 4.00. The Balaban J connectivity index is 1.97. The summed E-state index contributed by atoms with van der Waals surface area (Å²) in [5.41, 5.74) is 7.86. The molecule has 1 aromatic carbocycles. The number of rotatable bonds is 3. The van der Waals surface area contributed by atoms with E-state index in [0.29, 0.717) is 25.4 Å². The van der Waals surface area contributed by atoms with Crippen LogP contribution in [0, 0.1) is 5.41 Å². The van der Waals surface area contributed by atoms with E-state index >= 15 is 0 Å². The molecule has 2 heterocycles. The molecule has 1 fully saturated rings. The van der Waals surface area contributed by atoms with Gasteiger partial charge in [-0.05, 0) is 32.0 Å². The Morgan fingerprint density at radius 2 is 2.08 bits per heavy atom. The normalized spacial score (nSPS) is 20.8. The number of furan rings is 1. The molecular weight excluding hydrogens is 302 g/mol. The highest BCUT2D eigenvalue weighted by molar-refractivity contribution is 5.99. The van der Waals surface area contributed by atoms with E-state index in [1.165, 1.54) is 0 Å². The maximum Gasteiger partial charge on any atom is 0.289 e. The number of hydrogen-bond acceptors (Lipinski definition) is 4. The van der Waals surface area contributed by atoms with E-state index in [1.54, 1.807) is 0 Å². The molecule has 0 radical (unpaired) electrons. The van der Waals surface area contributed by atoms with Crippen LogP contribution in [-0.4, -0.2) is 48.9 Å². The molecule has 1 saturated heterocycles. The number of nitrogens with two attached hydrogens (primary N) is 1. The summed E-state index contributed by atoms with van der Waals surface area (Å²) in [4.78, 5) is 17.1. The van der Waals surface area contributed by atoms with Gasteiger partial charge in [0.25, 0.3) is 5.91 Å². The molecule has 5 nitrogen and oxygen atoms in total. The second-order valence-corrected chi connectivity index (χ2v) is 7.75. The minimum atomic E-state index is -0.0817. The first kappa shape index (κ1) is 17.0. The van der Waals surface area contributed by atoms with Crippen LogP contribution in [0.5, 0.6) is 0 Å². The zero-order valence-corrected chi connectivity index (χ0v) is 15.0. The van der Waals surface area contributed by atoms with Gasteiger partial charge in [-0.25, -0.2) is 0 Å². The van der Waals surface area contributed by atoms with Gasteiger partial charge in [-0.2, -0.15) is 0 Å². The molecule has 1 aromatic heterocycles. The lowest BCUT2D eigenvalue weighted by atomic mass is 9.79.